The van der Waals surface area contributed by atoms with E-state index in [9.17, 15) is 9.18 Å². The van der Waals surface area contributed by atoms with Crippen LogP contribution in [0.15, 0.2) is 40.8 Å². The minimum atomic E-state index is -0.260. The SMILES string of the molecule is O=c1n(CCCNc2ncnc3scc(-c4ccc(F)cc4)c23)nc2n1CCCC2. The molecule has 1 N–H and O–H groups in total. The molecule has 1 aromatic carbocycles. The molecule has 0 saturated carbocycles. The van der Waals surface area contributed by atoms with E-state index in [4.69, 9.17) is 0 Å². The van der Waals surface area contributed by atoms with Gasteiger partial charge in [-0.25, -0.2) is 23.8 Å². The van der Waals surface area contributed by atoms with Gasteiger partial charge in [-0.3, -0.25) is 4.57 Å². The lowest BCUT2D eigenvalue weighted by Gasteiger charge is -2.09. The van der Waals surface area contributed by atoms with Gasteiger partial charge >= 0.3 is 5.69 Å². The summed E-state index contributed by atoms with van der Waals surface area (Å²) in [7, 11) is 0. The fourth-order valence-corrected chi connectivity index (χ4v) is 4.80. The summed E-state index contributed by atoms with van der Waals surface area (Å²) in [6.07, 6.45) is 5.31. The Morgan fingerprint density at radius 2 is 2.03 bits per heavy atom. The standard InChI is InChI=1S/C21H21FN6OS/c22-15-7-5-14(6-8-15)16-12-30-20-18(16)19(24-13-25-20)23-9-3-11-28-21(29)27-10-2-1-4-17(27)26-28/h5-8,12-13H,1-4,9-11H2,(H,23,24,25). The van der Waals surface area contributed by atoms with Gasteiger partial charge in [-0.2, -0.15) is 5.10 Å². The molecule has 5 rings (SSSR count). The Labute approximate surface area is 176 Å². The molecule has 0 bridgehead atoms. The molecule has 30 heavy (non-hydrogen) atoms. The van der Waals surface area contributed by atoms with Crippen LogP contribution < -0.4 is 11.0 Å². The molecular weight excluding hydrogens is 403 g/mol. The van der Waals surface area contributed by atoms with E-state index in [1.807, 2.05) is 5.38 Å². The molecule has 4 aromatic rings. The van der Waals surface area contributed by atoms with Gasteiger partial charge in [0.05, 0.1) is 5.39 Å². The van der Waals surface area contributed by atoms with Gasteiger partial charge in [0.2, 0.25) is 0 Å². The first-order valence-electron chi connectivity index (χ1n) is 10.1. The molecule has 3 aromatic heterocycles. The van der Waals surface area contributed by atoms with Gasteiger partial charge in [0.15, 0.2) is 0 Å². The third kappa shape index (κ3) is 3.49. The maximum atomic E-state index is 13.3. The van der Waals surface area contributed by atoms with Crippen LogP contribution in [0.3, 0.4) is 0 Å². The van der Waals surface area contributed by atoms with Gasteiger partial charge in [0.1, 0.15) is 28.6 Å². The van der Waals surface area contributed by atoms with E-state index in [0.29, 0.717) is 13.1 Å². The van der Waals surface area contributed by atoms with Crippen molar-refractivity contribution in [2.24, 2.45) is 0 Å². The molecule has 1 aliphatic rings. The van der Waals surface area contributed by atoms with Crippen LogP contribution in [0.4, 0.5) is 10.2 Å². The lowest BCUT2D eigenvalue weighted by Crippen LogP contribution is -2.27. The number of benzene rings is 1. The number of nitrogens with one attached hydrogen (secondary N) is 1. The second kappa shape index (κ2) is 7.98. The van der Waals surface area contributed by atoms with Crippen molar-refractivity contribution in [1.29, 1.82) is 0 Å². The molecule has 0 saturated heterocycles. The van der Waals surface area contributed by atoms with Crippen LogP contribution in [0.25, 0.3) is 21.3 Å². The third-order valence-corrected chi connectivity index (χ3v) is 6.28. The second-order valence-corrected chi connectivity index (χ2v) is 8.23. The molecule has 4 heterocycles. The number of rotatable bonds is 6. The minimum Gasteiger partial charge on any atom is -0.369 e. The summed E-state index contributed by atoms with van der Waals surface area (Å²) in [5, 5.41) is 10.8. The maximum absolute atomic E-state index is 13.3. The molecule has 1 aliphatic heterocycles. The van der Waals surface area contributed by atoms with Gasteiger partial charge in [-0.15, -0.1) is 11.3 Å². The number of aromatic nitrogens is 5. The smallest absolute Gasteiger partial charge is 0.345 e. The lowest BCUT2D eigenvalue weighted by atomic mass is 10.1. The average molecular weight is 425 g/mol. The normalized spacial score (nSPS) is 13.5. The maximum Gasteiger partial charge on any atom is 0.345 e. The van der Waals surface area contributed by atoms with Crippen molar-refractivity contribution < 1.29 is 4.39 Å². The predicted molar refractivity (Wildman–Crippen MR) is 115 cm³/mol. The van der Waals surface area contributed by atoms with Crippen molar-refractivity contribution in [1.82, 2.24) is 24.3 Å². The number of thiophene rings is 1. The highest BCUT2D eigenvalue weighted by molar-refractivity contribution is 7.17. The monoisotopic (exact) mass is 424 g/mol. The molecule has 0 aliphatic carbocycles. The first-order valence-corrected chi connectivity index (χ1v) is 11.0. The fraction of sp³-hybridized carbons (Fsp3) is 0.333. The summed E-state index contributed by atoms with van der Waals surface area (Å²) in [6, 6.07) is 6.44. The van der Waals surface area contributed by atoms with Crippen LogP contribution in [0.5, 0.6) is 0 Å². The lowest BCUT2D eigenvalue weighted by molar-refractivity contribution is 0.510. The number of anilines is 1. The molecule has 0 unspecified atom stereocenters. The number of fused-ring (bicyclic) bond motifs is 2. The average Bonchev–Trinajstić information content (AvgIpc) is 3.34. The van der Waals surface area contributed by atoms with Gasteiger partial charge in [-0.1, -0.05) is 12.1 Å². The number of halogens is 1. The van der Waals surface area contributed by atoms with Crippen molar-refractivity contribution in [3.63, 3.8) is 0 Å². The van der Waals surface area contributed by atoms with Crippen LogP contribution in [0, 0.1) is 5.82 Å². The van der Waals surface area contributed by atoms with E-state index in [1.165, 1.54) is 23.5 Å². The van der Waals surface area contributed by atoms with Crippen LogP contribution in [0.2, 0.25) is 0 Å². The van der Waals surface area contributed by atoms with E-state index >= 15 is 0 Å². The van der Waals surface area contributed by atoms with Gasteiger partial charge in [0.25, 0.3) is 0 Å². The van der Waals surface area contributed by atoms with E-state index in [0.717, 1.165) is 65.2 Å². The van der Waals surface area contributed by atoms with Crippen LogP contribution in [-0.4, -0.2) is 30.9 Å². The molecule has 0 spiro atoms. The molecule has 0 atom stereocenters. The second-order valence-electron chi connectivity index (χ2n) is 7.37. The van der Waals surface area contributed by atoms with E-state index < -0.39 is 0 Å². The quantitative estimate of drug-likeness (QED) is 0.478. The first-order chi connectivity index (χ1) is 14.7. The zero-order chi connectivity index (χ0) is 20.5. The van der Waals surface area contributed by atoms with Crippen molar-refractivity contribution in [2.45, 2.75) is 38.8 Å². The molecule has 9 heteroatoms. The Bertz CT molecular complexity index is 1240. The molecular formula is C21H21FN6OS. The first kappa shape index (κ1) is 18.9. The van der Waals surface area contributed by atoms with E-state index in [2.05, 4.69) is 20.4 Å². The Hall–Kier alpha value is -3.07. The summed E-state index contributed by atoms with van der Waals surface area (Å²) in [6.45, 7) is 1.99. The summed E-state index contributed by atoms with van der Waals surface area (Å²) in [5.41, 5.74) is 1.90. The largest absolute Gasteiger partial charge is 0.369 e. The highest BCUT2D eigenvalue weighted by atomic mass is 32.1. The number of nitrogens with zero attached hydrogens (tertiary/aromatic N) is 5. The Morgan fingerprint density at radius 3 is 2.87 bits per heavy atom. The summed E-state index contributed by atoms with van der Waals surface area (Å²) >= 11 is 1.54. The molecule has 0 radical (unpaired) electrons. The van der Waals surface area contributed by atoms with Gasteiger partial charge in [0, 0.05) is 37.0 Å². The number of aryl methyl sites for hydroxylation is 2. The Morgan fingerprint density at radius 1 is 1.17 bits per heavy atom. The van der Waals surface area contributed by atoms with Crippen molar-refractivity contribution in [3.05, 3.63) is 58.1 Å². The fourth-order valence-electron chi connectivity index (χ4n) is 3.88. The van der Waals surface area contributed by atoms with Crippen LogP contribution in [-0.2, 0) is 19.5 Å². The third-order valence-electron chi connectivity index (χ3n) is 5.40. The Kier molecular flexibility index (Phi) is 5.04. The van der Waals surface area contributed by atoms with Crippen LogP contribution in [0.1, 0.15) is 25.1 Å². The van der Waals surface area contributed by atoms with Crippen molar-refractivity contribution in [3.8, 4) is 11.1 Å². The van der Waals surface area contributed by atoms with Crippen molar-refractivity contribution in [2.75, 3.05) is 11.9 Å². The van der Waals surface area contributed by atoms with Crippen molar-refractivity contribution >= 4 is 27.4 Å². The number of hydrogen-bond donors (Lipinski definition) is 1. The van der Waals surface area contributed by atoms with Gasteiger partial charge < -0.3 is 5.32 Å². The molecule has 0 amide bonds. The zero-order valence-corrected chi connectivity index (χ0v) is 17.2. The summed E-state index contributed by atoms with van der Waals surface area (Å²) < 4.78 is 16.7. The molecule has 154 valence electrons. The molecule has 7 nitrogen and oxygen atoms in total. The highest BCUT2D eigenvalue weighted by Crippen LogP contribution is 2.36. The van der Waals surface area contributed by atoms with Gasteiger partial charge in [-0.05, 0) is 37.0 Å². The minimum absolute atomic E-state index is 0.00874. The van der Waals surface area contributed by atoms with E-state index in [1.54, 1.807) is 27.7 Å². The van der Waals surface area contributed by atoms with Crippen LogP contribution >= 0.6 is 11.3 Å². The topological polar surface area (TPSA) is 77.6 Å². The summed E-state index contributed by atoms with van der Waals surface area (Å²) in [5.74, 6) is 1.39. The molecule has 0 fully saturated rings. The predicted octanol–water partition coefficient (Wildman–Crippen LogP) is 3.69. The highest BCUT2D eigenvalue weighted by Gasteiger charge is 2.16. The summed E-state index contributed by atoms with van der Waals surface area (Å²) in [4.78, 5) is 22.1. The van der Waals surface area contributed by atoms with E-state index in [-0.39, 0.29) is 11.5 Å². The zero-order valence-electron chi connectivity index (χ0n) is 16.3. The Balaban J connectivity index is 1.31. The number of hydrogen-bond acceptors (Lipinski definition) is 6.